The normalized spacial score (nSPS) is 14.3. The van der Waals surface area contributed by atoms with Crippen molar-refractivity contribution < 1.29 is 13.2 Å². The van der Waals surface area contributed by atoms with Crippen molar-refractivity contribution in [1.29, 1.82) is 0 Å². The molecule has 1 aliphatic heterocycles. The Bertz CT molecular complexity index is 672. The van der Waals surface area contributed by atoms with Gasteiger partial charge in [0.05, 0.1) is 5.75 Å². The van der Waals surface area contributed by atoms with Gasteiger partial charge in [-0.25, -0.2) is 8.42 Å². The van der Waals surface area contributed by atoms with Crippen molar-refractivity contribution in [3.05, 3.63) is 41.5 Å². The Morgan fingerprint density at radius 1 is 1.25 bits per heavy atom. The van der Waals surface area contributed by atoms with Crippen LogP contribution in [0.3, 0.4) is 0 Å². The molecule has 1 amide bonds. The van der Waals surface area contributed by atoms with Gasteiger partial charge < -0.3 is 10.6 Å². The van der Waals surface area contributed by atoms with E-state index in [1.165, 1.54) is 5.57 Å². The highest BCUT2D eigenvalue weighted by Gasteiger charge is 2.11. The third kappa shape index (κ3) is 6.51. The lowest BCUT2D eigenvalue weighted by Crippen LogP contribution is -2.29. The largest absolute Gasteiger partial charge is 0.348 e. The summed E-state index contributed by atoms with van der Waals surface area (Å²) in [6.45, 7) is 4.14. The van der Waals surface area contributed by atoms with E-state index in [4.69, 9.17) is 0 Å². The van der Waals surface area contributed by atoms with Crippen molar-refractivity contribution in [1.82, 2.24) is 10.6 Å². The number of sulfonamides is 1. The van der Waals surface area contributed by atoms with Crippen molar-refractivity contribution in [3.8, 4) is 0 Å². The predicted molar refractivity (Wildman–Crippen MR) is 99.3 cm³/mol. The van der Waals surface area contributed by atoms with E-state index in [0.29, 0.717) is 24.2 Å². The van der Waals surface area contributed by atoms with Crippen LogP contribution in [0.25, 0.3) is 0 Å². The summed E-state index contributed by atoms with van der Waals surface area (Å²) in [4.78, 5) is 12.1. The highest BCUT2D eigenvalue weighted by atomic mass is 35.5. The smallest absolute Gasteiger partial charge is 0.251 e. The molecule has 0 spiro atoms. The van der Waals surface area contributed by atoms with Crippen LogP contribution in [0.4, 0.5) is 5.69 Å². The van der Waals surface area contributed by atoms with Crippen molar-refractivity contribution in [2.45, 2.75) is 19.8 Å². The van der Waals surface area contributed by atoms with Gasteiger partial charge in [0.15, 0.2) is 0 Å². The number of hydrogen-bond donors (Lipinski definition) is 3. The average molecular weight is 374 g/mol. The van der Waals surface area contributed by atoms with Crippen LogP contribution in [0.1, 0.15) is 30.1 Å². The fraction of sp³-hybridized carbons (Fsp3) is 0.438. The summed E-state index contributed by atoms with van der Waals surface area (Å²) in [6.07, 6.45) is 3.59. The van der Waals surface area contributed by atoms with Gasteiger partial charge in [-0.15, -0.1) is 12.4 Å². The minimum atomic E-state index is -3.31. The van der Waals surface area contributed by atoms with E-state index in [1.807, 2.05) is 6.92 Å². The highest BCUT2D eigenvalue weighted by molar-refractivity contribution is 7.92. The lowest BCUT2D eigenvalue weighted by Gasteiger charge is -2.14. The third-order valence-electron chi connectivity index (χ3n) is 3.53. The zero-order valence-electron chi connectivity index (χ0n) is 13.7. The van der Waals surface area contributed by atoms with E-state index < -0.39 is 10.0 Å². The van der Waals surface area contributed by atoms with Gasteiger partial charge in [-0.05, 0) is 43.7 Å². The maximum atomic E-state index is 12.1. The number of benzene rings is 1. The first-order chi connectivity index (χ1) is 11.0. The first-order valence-electron chi connectivity index (χ1n) is 7.77. The van der Waals surface area contributed by atoms with Crippen LogP contribution in [0.2, 0.25) is 0 Å². The second-order valence-corrected chi connectivity index (χ2v) is 7.34. The molecular formula is C16H24ClN3O3S. The number of anilines is 1. The van der Waals surface area contributed by atoms with Crippen LogP contribution in [0.15, 0.2) is 35.9 Å². The van der Waals surface area contributed by atoms with Gasteiger partial charge in [-0.1, -0.05) is 18.6 Å². The molecule has 0 aromatic heterocycles. The molecule has 0 saturated heterocycles. The van der Waals surface area contributed by atoms with E-state index in [-0.39, 0.29) is 24.1 Å². The zero-order chi connectivity index (χ0) is 16.7. The molecule has 1 aromatic carbocycles. The van der Waals surface area contributed by atoms with Gasteiger partial charge in [-0.3, -0.25) is 9.52 Å². The molecule has 2 rings (SSSR count). The molecule has 0 radical (unpaired) electrons. The van der Waals surface area contributed by atoms with Crippen LogP contribution in [0.5, 0.6) is 0 Å². The van der Waals surface area contributed by atoms with Gasteiger partial charge in [0, 0.05) is 24.3 Å². The molecule has 0 atom stereocenters. The van der Waals surface area contributed by atoms with Crippen LogP contribution in [-0.2, 0) is 10.0 Å². The van der Waals surface area contributed by atoms with Crippen LogP contribution in [0, 0.1) is 0 Å². The van der Waals surface area contributed by atoms with Crippen molar-refractivity contribution in [3.63, 3.8) is 0 Å². The number of rotatable bonds is 7. The molecule has 3 N–H and O–H groups in total. The highest BCUT2D eigenvalue weighted by Crippen LogP contribution is 2.12. The second kappa shape index (κ2) is 9.66. The average Bonchev–Trinajstić information content (AvgIpc) is 2.54. The van der Waals surface area contributed by atoms with Crippen LogP contribution in [-0.4, -0.2) is 39.7 Å². The Morgan fingerprint density at radius 3 is 2.54 bits per heavy atom. The maximum Gasteiger partial charge on any atom is 0.251 e. The van der Waals surface area contributed by atoms with Crippen LogP contribution >= 0.6 is 12.4 Å². The summed E-state index contributed by atoms with van der Waals surface area (Å²) < 4.78 is 25.9. The topological polar surface area (TPSA) is 87.3 Å². The lowest BCUT2D eigenvalue weighted by atomic mass is 10.1. The summed E-state index contributed by atoms with van der Waals surface area (Å²) in [5.41, 5.74) is 2.20. The molecule has 1 aromatic rings. The Labute approximate surface area is 149 Å². The van der Waals surface area contributed by atoms with Crippen molar-refractivity contribution >= 4 is 34.0 Å². The lowest BCUT2D eigenvalue weighted by molar-refractivity contribution is 0.0956. The number of carbonyl (C=O) groups is 1. The van der Waals surface area contributed by atoms with Gasteiger partial charge in [-0.2, -0.15) is 0 Å². The van der Waals surface area contributed by atoms with Crippen LogP contribution < -0.4 is 15.4 Å². The SMILES string of the molecule is CCCS(=O)(=O)Nc1ccc(C(=O)NCC2=CCNCC2)cc1.Cl. The Kier molecular flexibility index (Phi) is 8.24. The quantitative estimate of drug-likeness (QED) is 0.637. The van der Waals surface area contributed by atoms with Crippen molar-refractivity contribution in [2.75, 3.05) is 30.1 Å². The third-order valence-corrected chi connectivity index (χ3v) is 5.02. The Morgan fingerprint density at radius 2 is 1.96 bits per heavy atom. The predicted octanol–water partition coefficient (Wildman–Crippen LogP) is 1.91. The summed E-state index contributed by atoms with van der Waals surface area (Å²) >= 11 is 0. The molecule has 1 heterocycles. The fourth-order valence-corrected chi connectivity index (χ4v) is 3.45. The molecule has 0 saturated carbocycles. The molecule has 8 heteroatoms. The summed E-state index contributed by atoms with van der Waals surface area (Å²) in [5.74, 6) is -0.0773. The van der Waals surface area contributed by atoms with Gasteiger partial charge >= 0.3 is 0 Å². The Balaban J connectivity index is 0.00000288. The summed E-state index contributed by atoms with van der Waals surface area (Å²) in [7, 11) is -3.31. The first kappa shape index (κ1) is 20.5. The number of amides is 1. The molecule has 0 aliphatic carbocycles. The first-order valence-corrected chi connectivity index (χ1v) is 9.43. The standard InChI is InChI=1S/C16H23N3O3S.ClH/c1-2-11-23(21,22)19-15-5-3-14(4-6-15)16(20)18-12-13-7-9-17-10-8-13;/h3-7,17,19H,2,8-12H2,1H3,(H,18,20);1H. The molecule has 24 heavy (non-hydrogen) atoms. The minimum Gasteiger partial charge on any atom is -0.348 e. The summed E-state index contributed by atoms with van der Waals surface area (Å²) in [5, 5.41) is 6.11. The number of halogens is 1. The Hall–Kier alpha value is -1.57. The minimum absolute atomic E-state index is 0. The molecular weight excluding hydrogens is 350 g/mol. The van der Waals surface area contributed by atoms with E-state index in [0.717, 1.165) is 19.5 Å². The fourth-order valence-electron chi connectivity index (χ4n) is 2.31. The molecule has 0 bridgehead atoms. The van der Waals surface area contributed by atoms with Crippen molar-refractivity contribution in [2.24, 2.45) is 0 Å². The second-order valence-electron chi connectivity index (χ2n) is 5.50. The molecule has 0 fully saturated rings. The zero-order valence-corrected chi connectivity index (χ0v) is 15.3. The van der Waals surface area contributed by atoms with Gasteiger partial charge in [0.1, 0.15) is 0 Å². The van der Waals surface area contributed by atoms with Gasteiger partial charge in [0.2, 0.25) is 10.0 Å². The monoisotopic (exact) mass is 373 g/mol. The number of hydrogen-bond acceptors (Lipinski definition) is 4. The molecule has 134 valence electrons. The van der Waals surface area contributed by atoms with E-state index >= 15 is 0 Å². The maximum absolute atomic E-state index is 12.1. The van der Waals surface area contributed by atoms with E-state index in [1.54, 1.807) is 24.3 Å². The van der Waals surface area contributed by atoms with Gasteiger partial charge in [0.25, 0.3) is 5.91 Å². The number of carbonyl (C=O) groups excluding carboxylic acids is 1. The molecule has 6 nitrogen and oxygen atoms in total. The van der Waals surface area contributed by atoms with E-state index in [9.17, 15) is 13.2 Å². The molecule has 0 unspecified atom stereocenters. The summed E-state index contributed by atoms with van der Waals surface area (Å²) in [6, 6.07) is 6.45. The number of nitrogens with one attached hydrogen (secondary N) is 3. The van der Waals surface area contributed by atoms with E-state index in [2.05, 4.69) is 21.4 Å². The molecule has 1 aliphatic rings.